The first kappa shape index (κ1) is 23.4. The minimum atomic E-state index is -0.479. The molecule has 8 heteroatoms. The summed E-state index contributed by atoms with van der Waals surface area (Å²) in [5.74, 6) is -1.12. The third kappa shape index (κ3) is 5.17. The smallest absolute Gasteiger partial charge is 0.253 e. The summed E-state index contributed by atoms with van der Waals surface area (Å²) < 4.78 is 0. The molecule has 1 unspecified atom stereocenters. The summed E-state index contributed by atoms with van der Waals surface area (Å²) in [6.45, 7) is 3.04. The molecule has 1 heterocycles. The number of hydrogen-bond acceptors (Lipinski definition) is 4. The summed E-state index contributed by atoms with van der Waals surface area (Å²) in [6, 6.07) is 14.5. The standard InChI is InChI=1S/C22H26N4O3.ClH/c1-2-15-7-3-6-10-19(15)26-14-16(13-20(26)27)21(28)25-18-9-5-4-8-17(18)22(29)24-12-11-23;/h3-10,16H,2,11-14,23H2,1H3,(H,24,29)(H,25,28);1H. The van der Waals surface area contributed by atoms with Gasteiger partial charge in [-0.05, 0) is 30.2 Å². The number of anilines is 2. The Bertz CT molecular complexity index is 919. The molecule has 0 spiro atoms. The number of nitrogens with two attached hydrogens (primary N) is 1. The molecule has 0 aromatic heterocycles. The molecular formula is C22H27ClN4O3. The van der Waals surface area contributed by atoms with Crippen molar-refractivity contribution in [3.05, 3.63) is 59.7 Å². The van der Waals surface area contributed by atoms with Crippen LogP contribution in [-0.2, 0) is 16.0 Å². The molecule has 7 nitrogen and oxygen atoms in total. The number of halogens is 1. The summed E-state index contributed by atoms with van der Waals surface area (Å²) in [5, 5.41) is 5.52. The van der Waals surface area contributed by atoms with Crippen LogP contribution in [0.15, 0.2) is 48.5 Å². The number of carbonyl (C=O) groups excluding carboxylic acids is 3. The van der Waals surface area contributed by atoms with Crippen LogP contribution in [0.5, 0.6) is 0 Å². The first-order chi connectivity index (χ1) is 14.0. The summed E-state index contributed by atoms with van der Waals surface area (Å²) in [4.78, 5) is 39.4. The topological polar surface area (TPSA) is 105 Å². The highest BCUT2D eigenvalue weighted by atomic mass is 35.5. The molecular weight excluding hydrogens is 404 g/mol. The minimum absolute atomic E-state index is 0. The number of para-hydroxylation sites is 2. The Kier molecular flexibility index (Phi) is 8.38. The van der Waals surface area contributed by atoms with E-state index in [1.54, 1.807) is 29.2 Å². The second kappa shape index (κ2) is 10.8. The molecule has 0 aliphatic carbocycles. The van der Waals surface area contributed by atoms with E-state index in [9.17, 15) is 14.4 Å². The normalized spacial score (nSPS) is 15.5. The highest BCUT2D eigenvalue weighted by Gasteiger charge is 2.36. The fourth-order valence-corrected chi connectivity index (χ4v) is 3.49. The van der Waals surface area contributed by atoms with Gasteiger partial charge in [-0.3, -0.25) is 14.4 Å². The van der Waals surface area contributed by atoms with Crippen LogP contribution in [0.1, 0.15) is 29.3 Å². The molecule has 1 atom stereocenters. The average molecular weight is 431 g/mol. The van der Waals surface area contributed by atoms with E-state index in [1.165, 1.54) is 0 Å². The lowest BCUT2D eigenvalue weighted by atomic mass is 10.1. The van der Waals surface area contributed by atoms with Crippen LogP contribution in [0.3, 0.4) is 0 Å². The van der Waals surface area contributed by atoms with Crippen LogP contribution in [0.2, 0.25) is 0 Å². The van der Waals surface area contributed by atoms with Gasteiger partial charge in [-0.1, -0.05) is 37.3 Å². The van der Waals surface area contributed by atoms with Crippen molar-refractivity contribution in [1.82, 2.24) is 5.32 Å². The SMILES string of the molecule is CCc1ccccc1N1CC(C(=O)Nc2ccccc2C(=O)NCCN)CC1=O.Cl. The van der Waals surface area contributed by atoms with E-state index >= 15 is 0 Å². The van der Waals surface area contributed by atoms with Crippen molar-refractivity contribution in [2.45, 2.75) is 19.8 Å². The molecule has 4 N–H and O–H groups in total. The van der Waals surface area contributed by atoms with Crippen molar-refractivity contribution in [3.8, 4) is 0 Å². The summed E-state index contributed by atoms with van der Waals surface area (Å²) >= 11 is 0. The lowest BCUT2D eigenvalue weighted by molar-refractivity contribution is -0.122. The first-order valence-corrected chi connectivity index (χ1v) is 9.81. The van der Waals surface area contributed by atoms with Gasteiger partial charge in [0.25, 0.3) is 5.91 Å². The van der Waals surface area contributed by atoms with Crippen LogP contribution in [-0.4, -0.2) is 37.4 Å². The van der Waals surface area contributed by atoms with Gasteiger partial charge in [0.2, 0.25) is 11.8 Å². The molecule has 0 radical (unpaired) electrons. The lowest BCUT2D eigenvalue weighted by Crippen LogP contribution is -2.31. The lowest BCUT2D eigenvalue weighted by Gasteiger charge is -2.20. The molecule has 1 aliphatic heterocycles. The fraction of sp³-hybridized carbons (Fsp3) is 0.318. The second-order valence-electron chi connectivity index (χ2n) is 6.97. The van der Waals surface area contributed by atoms with Gasteiger partial charge < -0.3 is 21.3 Å². The molecule has 2 aromatic rings. The van der Waals surface area contributed by atoms with E-state index < -0.39 is 5.92 Å². The maximum atomic E-state index is 12.8. The van der Waals surface area contributed by atoms with Gasteiger partial charge in [-0.15, -0.1) is 12.4 Å². The minimum Gasteiger partial charge on any atom is -0.351 e. The maximum Gasteiger partial charge on any atom is 0.253 e. The number of aryl methyl sites for hydroxylation is 1. The Morgan fingerprint density at radius 3 is 2.57 bits per heavy atom. The van der Waals surface area contributed by atoms with Crippen molar-refractivity contribution in [1.29, 1.82) is 0 Å². The molecule has 0 saturated carbocycles. The number of rotatable bonds is 7. The number of benzene rings is 2. The second-order valence-corrected chi connectivity index (χ2v) is 6.97. The average Bonchev–Trinajstić information content (AvgIpc) is 3.14. The van der Waals surface area contributed by atoms with E-state index in [2.05, 4.69) is 10.6 Å². The zero-order chi connectivity index (χ0) is 20.8. The van der Waals surface area contributed by atoms with Gasteiger partial charge in [0.15, 0.2) is 0 Å². The highest BCUT2D eigenvalue weighted by Crippen LogP contribution is 2.29. The van der Waals surface area contributed by atoms with Gasteiger partial charge in [0, 0.05) is 31.7 Å². The van der Waals surface area contributed by atoms with Gasteiger partial charge in [-0.2, -0.15) is 0 Å². The molecule has 30 heavy (non-hydrogen) atoms. The molecule has 3 amide bonds. The fourth-order valence-electron chi connectivity index (χ4n) is 3.49. The van der Waals surface area contributed by atoms with E-state index in [4.69, 9.17) is 5.73 Å². The predicted octanol–water partition coefficient (Wildman–Crippen LogP) is 2.35. The quantitative estimate of drug-likeness (QED) is 0.627. The number of amides is 3. The van der Waals surface area contributed by atoms with Gasteiger partial charge in [0.1, 0.15) is 0 Å². The Morgan fingerprint density at radius 1 is 1.13 bits per heavy atom. The van der Waals surface area contributed by atoms with Crippen molar-refractivity contribution >= 4 is 41.5 Å². The summed E-state index contributed by atoms with van der Waals surface area (Å²) in [7, 11) is 0. The monoisotopic (exact) mass is 430 g/mol. The van der Waals surface area contributed by atoms with E-state index in [0.717, 1.165) is 17.7 Å². The molecule has 2 aromatic carbocycles. The number of nitrogens with zero attached hydrogens (tertiary/aromatic N) is 1. The molecule has 1 saturated heterocycles. The van der Waals surface area contributed by atoms with Crippen LogP contribution in [0, 0.1) is 5.92 Å². The van der Waals surface area contributed by atoms with E-state index in [0.29, 0.717) is 30.9 Å². The Hall–Kier alpha value is -2.90. The first-order valence-electron chi connectivity index (χ1n) is 9.81. The van der Waals surface area contributed by atoms with Gasteiger partial charge in [0.05, 0.1) is 17.2 Å². The van der Waals surface area contributed by atoms with Gasteiger partial charge >= 0.3 is 0 Å². The molecule has 3 rings (SSSR count). The highest BCUT2D eigenvalue weighted by molar-refractivity contribution is 6.07. The van der Waals surface area contributed by atoms with Crippen LogP contribution in [0.4, 0.5) is 11.4 Å². The molecule has 1 fully saturated rings. The number of carbonyl (C=O) groups is 3. The van der Waals surface area contributed by atoms with E-state index in [-0.39, 0.29) is 36.5 Å². The largest absolute Gasteiger partial charge is 0.351 e. The molecule has 1 aliphatic rings. The van der Waals surface area contributed by atoms with Crippen molar-refractivity contribution in [2.24, 2.45) is 11.7 Å². The zero-order valence-electron chi connectivity index (χ0n) is 16.9. The number of hydrogen-bond donors (Lipinski definition) is 3. The third-order valence-corrected chi connectivity index (χ3v) is 5.02. The zero-order valence-corrected chi connectivity index (χ0v) is 17.7. The number of nitrogens with one attached hydrogen (secondary N) is 2. The Balaban J connectivity index is 0.00000320. The van der Waals surface area contributed by atoms with Crippen LogP contribution < -0.4 is 21.3 Å². The van der Waals surface area contributed by atoms with Crippen LogP contribution >= 0.6 is 12.4 Å². The Morgan fingerprint density at radius 2 is 1.83 bits per heavy atom. The van der Waals surface area contributed by atoms with Crippen molar-refractivity contribution in [2.75, 3.05) is 29.9 Å². The van der Waals surface area contributed by atoms with Crippen molar-refractivity contribution < 1.29 is 14.4 Å². The summed E-state index contributed by atoms with van der Waals surface area (Å²) in [5.41, 5.74) is 8.15. The predicted molar refractivity (Wildman–Crippen MR) is 120 cm³/mol. The van der Waals surface area contributed by atoms with E-state index in [1.807, 2.05) is 31.2 Å². The third-order valence-electron chi connectivity index (χ3n) is 5.02. The van der Waals surface area contributed by atoms with Crippen molar-refractivity contribution in [3.63, 3.8) is 0 Å². The van der Waals surface area contributed by atoms with Gasteiger partial charge in [-0.25, -0.2) is 0 Å². The molecule has 160 valence electrons. The Labute approximate surface area is 182 Å². The maximum absolute atomic E-state index is 12.8. The van der Waals surface area contributed by atoms with Crippen LogP contribution in [0.25, 0.3) is 0 Å². The summed E-state index contributed by atoms with van der Waals surface area (Å²) in [6.07, 6.45) is 0.952. The molecule has 0 bridgehead atoms.